The maximum Gasteiger partial charge on any atom is 0.324 e. The van der Waals surface area contributed by atoms with Crippen molar-refractivity contribution in [2.75, 3.05) is 25.5 Å². The van der Waals surface area contributed by atoms with E-state index in [1.54, 1.807) is 16.5 Å². The summed E-state index contributed by atoms with van der Waals surface area (Å²) in [6, 6.07) is 7.55. The number of nitrogens with zero attached hydrogens (tertiary/aromatic N) is 4. The van der Waals surface area contributed by atoms with Gasteiger partial charge in [-0.3, -0.25) is 5.32 Å². The van der Waals surface area contributed by atoms with Crippen molar-refractivity contribution in [3.8, 4) is 17.0 Å². The fraction of sp³-hybridized carbons (Fsp3) is 0.312. The number of aromatic nitrogens is 3. The molecule has 1 aromatic carbocycles. The number of anilines is 1. The Morgan fingerprint density at radius 2 is 2.00 bits per heavy atom. The first-order chi connectivity index (χ1) is 11.7. The molecule has 0 aliphatic carbocycles. The molecule has 24 heavy (non-hydrogen) atoms. The SMILES string of the molecule is CCN(CC)C(=O)Nc1nc2scc(-c3ccc(OC)cc3)n2n1. The van der Waals surface area contributed by atoms with Crippen molar-refractivity contribution in [1.82, 2.24) is 19.5 Å². The molecule has 3 rings (SSSR count). The molecule has 0 fully saturated rings. The third-order valence-corrected chi connectivity index (χ3v) is 4.55. The fourth-order valence-corrected chi connectivity index (χ4v) is 3.21. The van der Waals surface area contributed by atoms with E-state index in [9.17, 15) is 4.79 Å². The van der Waals surface area contributed by atoms with Crippen LogP contribution in [0.25, 0.3) is 16.2 Å². The summed E-state index contributed by atoms with van der Waals surface area (Å²) in [6.07, 6.45) is 0. The van der Waals surface area contributed by atoms with Crippen LogP contribution in [-0.4, -0.2) is 45.7 Å². The first-order valence-corrected chi connectivity index (χ1v) is 8.58. The number of carbonyl (C=O) groups is 1. The van der Waals surface area contributed by atoms with Crippen LogP contribution >= 0.6 is 11.3 Å². The summed E-state index contributed by atoms with van der Waals surface area (Å²) >= 11 is 1.48. The van der Waals surface area contributed by atoms with Gasteiger partial charge in [0.2, 0.25) is 4.96 Å². The van der Waals surface area contributed by atoms with E-state index < -0.39 is 0 Å². The predicted molar refractivity (Wildman–Crippen MR) is 94.8 cm³/mol. The Morgan fingerprint density at radius 1 is 1.29 bits per heavy atom. The molecular weight excluding hydrogens is 326 g/mol. The summed E-state index contributed by atoms with van der Waals surface area (Å²) < 4.78 is 6.92. The van der Waals surface area contributed by atoms with Gasteiger partial charge in [0, 0.05) is 24.0 Å². The lowest BCUT2D eigenvalue weighted by Crippen LogP contribution is -2.34. The predicted octanol–water partition coefficient (Wildman–Crippen LogP) is 3.34. The van der Waals surface area contributed by atoms with Crippen LogP contribution < -0.4 is 10.1 Å². The van der Waals surface area contributed by atoms with E-state index in [1.807, 2.05) is 43.5 Å². The molecule has 0 aliphatic rings. The molecule has 8 heteroatoms. The number of amides is 2. The molecule has 0 spiro atoms. The standard InChI is InChI=1S/C16H19N5O2S/c1-4-20(5-2)15(22)17-14-18-16-21(19-14)13(10-24-16)11-6-8-12(23-3)9-7-11/h6-10H,4-5H2,1-3H3,(H,17,19,22). The fourth-order valence-electron chi connectivity index (χ4n) is 2.38. The highest BCUT2D eigenvalue weighted by Gasteiger charge is 2.15. The molecule has 0 atom stereocenters. The van der Waals surface area contributed by atoms with Crippen LogP contribution in [0.2, 0.25) is 0 Å². The highest BCUT2D eigenvalue weighted by atomic mass is 32.1. The first kappa shape index (κ1) is 16.3. The van der Waals surface area contributed by atoms with Crippen LogP contribution in [0.1, 0.15) is 13.8 Å². The number of urea groups is 1. The summed E-state index contributed by atoms with van der Waals surface area (Å²) in [5.41, 5.74) is 1.93. The lowest BCUT2D eigenvalue weighted by atomic mass is 10.2. The van der Waals surface area contributed by atoms with Gasteiger partial charge in [0.1, 0.15) is 5.75 Å². The van der Waals surface area contributed by atoms with Crippen molar-refractivity contribution in [2.24, 2.45) is 0 Å². The smallest absolute Gasteiger partial charge is 0.324 e. The molecule has 0 saturated carbocycles. The highest BCUT2D eigenvalue weighted by molar-refractivity contribution is 7.15. The molecule has 2 heterocycles. The minimum absolute atomic E-state index is 0.191. The van der Waals surface area contributed by atoms with E-state index in [2.05, 4.69) is 15.4 Å². The topological polar surface area (TPSA) is 71.8 Å². The second kappa shape index (κ2) is 6.88. The number of nitrogens with one attached hydrogen (secondary N) is 1. The number of thiazole rings is 1. The molecule has 0 aliphatic heterocycles. The molecule has 2 aromatic heterocycles. The minimum atomic E-state index is -0.191. The van der Waals surface area contributed by atoms with Crippen molar-refractivity contribution in [3.05, 3.63) is 29.6 Å². The third-order valence-electron chi connectivity index (χ3n) is 3.74. The van der Waals surface area contributed by atoms with Gasteiger partial charge in [-0.25, -0.2) is 9.31 Å². The second-order valence-electron chi connectivity index (χ2n) is 5.08. The highest BCUT2D eigenvalue weighted by Crippen LogP contribution is 2.27. The minimum Gasteiger partial charge on any atom is -0.497 e. The van der Waals surface area contributed by atoms with E-state index in [1.165, 1.54) is 11.3 Å². The van der Waals surface area contributed by atoms with Gasteiger partial charge in [0.05, 0.1) is 12.8 Å². The Bertz CT molecular complexity index is 836. The molecule has 0 saturated heterocycles. The Morgan fingerprint density at radius 3 is 2.62 bits per heavy atom. The molecule has 3 aromatic rings. The Kier molecular flexibility index (Phi) is 4.66. The van der Waals surface area contributed by atoms with Crippen molar-refractivity contribution in [1.29, 1.82) is 0 Å². The number of hydrogen-bond acceptors (Lipinski definition) is 5. The van der Waals surface area contributed by atoms with Gasteiger partial charge in [0.15, 0.2) is 0 Å². The second-order valence-corrected chi connectivity index (χ2v) is 5.92. The summed E-state index contributed by atoms with van der Waals surface area (Å²) in [6.45, 7) is 5.15. The Balaban J connectivity index is 1.87. The van der Waals surface area contributed by atoms with Crippen LogP contribution in [-0.2, 0) is 0 Å². The monoisotopic (exact) mass is 345 g/mol. The quantitative estimate of drug-likeness (QED) is 0.770. The summed E-state index contributed by atoms with van der Waals surface area (Å²) in [7, 11) is 1.64. The third kappa shape index (κ3) is 3.05. The van der Waals surface area contributed by atoms with Crippen molar-refractivity contribution < 1.29 is 9.53 Å². The van der Waals surface area contributed by atoms with E-state index in [0.717, 1.165) is 22.0 Å². The number of methoxy groups -OCH3 is 1. The van der Waals surface area contributed by atoms with Gasteiger partial charge < -0.3 is 9.64 Å². The van der Waals surface area contributed by atoms with Gasteiger partial charge >= 0.3 is 6.03 Å². The lowest BCUT2D eigenvalue weighted by Gasteiger charge is -2.17. The summed E-state index contributed by atoms with van der Waals surface area (Å²) in [5.74, 6) is 1.12. The number of carbonyl (C=O) groups excluding carboxylic acids is 1. The summed E-state index contributed by atoms with van der Waals surface area (Å²) in [5, 5.41) is 9.15. The molecule has 0 bridgehead atoms. The van der Waals surface area contributed by atoms with Crippen molar-refractivity contribution >= 4 is 28.3 Å². The number of ether oxygens (including phenoxy) is 1. The normalized spacial score (nSPS) is 10.8. The average molecular weight is 345 g/mol. The van der Waals surface area contributed by atoms with Crippen LogP contribution in [0.5, 0.6) is 5.75 Å². The lowest BCUT2D eigenvalue weighted by molar-refractivity contribution is 0.217. The number of rotatable bonds is 5. The first-order valence-electron chi connectivity index (χ1n) is 7.70. The van der Waals surface area contributed by atoms with Gasteiger partial charge in [-0.2, -0.15) is 4.98 Å². The van der Waals surface area contributed by atoms with Gasteiger partial charge in [-0.15, -0.1) is 16.4 Å². The number of benzene rings is 1. The molecule has 1 N–H and O–H groups in total. The number of hydrogen-bond donors (Lipinski definition) is 1. The average Bonchev–Trinajstić information content (AvgIpc) is 3.16. The van der Waals surface area contributed by atoms with Gasteiger partial charge in [0.25, 0.3) is 5.95 Å². The van der Waals surface area contributed by atoms with Crippen LogP contribution in [0.3, 0.4) is 0 Å². The zero-order valence-corrected chi connectivity index (χ0v) is 14.6. The molecule has 7 nitrogen and oxygen atoms in total. The molecule has 126 valence electrons. The van der Waals surface area contributed by atoms with E-state index in [0.29, 0.717) is 19.0 Å². The van der Waals surface area contributed by atoms with Crippen LogP contribution in [0.15, 0.2) is 29.6 Å². The van der Waals surface area contributed by atoms with E-state index in [4.69, 9.17) is 4.74 Å². The van der Waals surface area contributed by atoms with E-state index >= 15 is 0 Å². The van der Waals surface area contributed by atoms with Crippen molar-refractivity contribution in [2.45, 2.75) is 13.8 Å². The summed E-state index contributed by atoms with van der Waals surface area (Å²) in [4.78, 5) is 18.9. The Labute approximate surface area is 143 Å². The van der Waals surface area contributed by atoms with Crippen molar-refractivity contribution in [3.63, 3.8) is 0 Å². The Hall–Kier alpha value is -2.61. The maximum absolute atomic E-state index is 12.1. The van der Waals surface area contributed by atoms with Gasteiger partial charge in [-0.1, -0.05) is 0 Å². The van der Waals surface area contributed by atoms with Crippen LogP contribution in [0, 0.1) is 0 Å². The largest absolute Gasteiger partial charge is 0.497 e. The zero-order valence-electron chi connectivity index (χ0n) is 13.8. The number of fused-ring (bicyclic) bond motifs is 1. The molecular formula is C16H19N5O2S. The van der Waals surface area contributed by atoms with Gasteiger partial charge in [-0.05, 0) is 38.1 Å². The molecule has 0 unspecified atom stereocenters. The van der Waals surface area contributed by atoms with E-state index in [-0.39, 0.29) is 6.03 Å². The van der Waals surface area contributed by atoms with Crippen LogP contribution in [0.4, 0.5) is 10.7 Å². The zero-order chi connectivity index (χ0) is 17.1. The maximum atomic E-state index is 12.1. The molecule has 0 radical (unpaired) electrons. The molecule has 2 amide bonds.